The van der Waals surface area contributed by atoms with E-state index in [1.54, 1.807) is 11.3 Å². The second-order valence-electron chi connectivity index (χ2n) is 13.6. The molecule has 0 saturated heterocycles. The quantitative estimate of drug-likeness (QED) is 0.172. The normalized spacial score (nSPS) is 11.8. The molecule has 9 aromatic carbocycles. The first kappa shape index (κ1) is 29.9. The van der Waals surface area contributed by atoms with Crippen LogP contribution >= 0.6 is 11.3 Å². The van der Waals surface area contributed by atoms with Gasteiger partial charge in [-0.3, -0.25) is 0 Å². The molecule has 0 spiro atoms. The van der Waals surface area contributed by atoms with Crippen LogP contribution in [0.4, 0.5) is 0 Å². The Bertz CT molecular complexity index is 3230. The zero-order valence-electron chi connectivity index (χ0n) is 28.5. The van der Waals surface area contributed by atoms with Crippen molar-refractivity contribution in [2.75, 3.05) is 0 Å². The molecule has 3 nitrogen and oxygen atoms in total. The van der Waals surface area contributed by atoms with Crippen LogP contribution in [0.1, 0.15) is 0 Å². The third-order valence-electron chi connectivity index (χ3n) is 10.5. The molecular formula is C49H29N3S. The standard InChI is InChI=1S/C49H29N3S/c1-2-11-34-29-35(24-21-30(34)9-1)31-19-22-33(23-20-31)47-50-48(52-49(51-47)44-17-8-15-42-41-13-5-6-18-45(41)53-46(42)44)43-16-7-14-37-39-26-25-32-10-3-4-12-36(32)38(39)27-28-40(37)43/h1-29H. The maximum atomic E-state index is 5.28. The van der Waals surface area contributed by atoms with Gasteiger partial charge in [-0.25, -0.2) is 15.0 Å². The zero-order chi connectivity index (χ0) is 34.9. The molecule has 11 aromatic rings. The molecule has 0 fully saturated rings. The third kappa shape index (κ3) is 4.91. The first-order valence-electron chi connectivity index (χ1n) is 17.9. The van der Waals surface area contributed by atoms with Gasteiger partial charge in [-0.15, -0.1) is 11.3 Å². The highest BCUT2D eigenvalue weighted by atomic mass is 32.1. The van der Waals surface area contributed by atoms with E-state index in [2.05, 4.69) is 176 Å². The Kier molecular flexibility index (Phi) is 6.73. The van der Waals surface area contributed by atoms with Crippen LogP contribution in [0.15, 0.2) is 176 Å². The second kappa shape index (κ2) is 11.9. The molecule has 0 aliphatic carbocycles. The molecule has 0 unspecified atom stereocenters. The average molecular weight is 692 g/mol. The predicted octanol–water partition coefficient (Wildman–Crippen LogP) is 13.5. The number of rotatable bonds is 4. The number of hydrogen-bond donors (Lipinski definition) is 0. The minimum absolute atomic E-state index is 0.650. The second-order valence-corrected chi connectivity index (χ2v) is 14.6. The van der Waals surface area contributed by atoms with Gasteiger partial charge in [0.25, 0.3) is 0 Å². The van der Waals surface area contributed by atoms with Gasteiger partial charge in [0.15, 0.2) is 17.5 Å². The number of thiophene rings is 1. The molecular weight excluding hydrogens is 663 g/mol. The van der Waals surface area contributed by atoms with E-state index in [1.807, 2.05) is 0 Å². The molecule has 0 atom stereocenters. The summed E-state index contributed by atoms with van der Waals surface area (Å²) in [5, 5.41) is 12.2. The van der Waals surface area contributed by atoms with E-state index in [9.17, 15) is 0 Å². The molecule has 0 bridgehead atoms. The summed E-state index contributed by atoms with van der Waals surface area (Å²) in [6.45, 7) is 0. The van der Waals surface area contributed by atoms with Crippen LogP contribution in [0.3, 0.4) is 0 Å². The molecule has 0 N–H and O–H groups in total. The van der Waals surface area contributed by atoms with Gasteiger partial charge in [0.1, 0.15) is 0 Å². The van der Waals surface area contributed by atoms with E-state index in [-0.39, 0.29) is 0 Å². The minimum Gasteiger partial charge on any atom is -0.208 e. The van der Waals surface area contributed by atoms with E-state index in [4.69, 9.17) is 15.0 Å². The fourth-order valence-corrected chi connectivity index (χ4v) is 9.11. The van der Waals surface area contributed by atoms with Crippen molar-refractivity contribution >= 4 is 74.6 Å². The van der Waals surface area contributed by atoms with Crippen LogP contribution in [0, 0.1) is 0 Å². The van der Waals surface area contributed by atoms with Crippen LogP contribution in [0.25, 0.3) is 109 Å². The van der Waals surface area contributed by atoms with Crippen molar-refractivity contribution < 1.29 is 0 Å². The van der Waals surface area contributed by atoms with Crippen molar-refractivity contribution in [2.24, 2.45) is 0 Å². The molecule has 0 aliphatic heterocycles. The summed E-state index contributed by atoms with van der Waals surface area (Å²) in [5.41, 5.74) is 5.27. The number of hydrogen-bond acceptors (Lipinski definition) is 4. The minimum atomic E-state index is 0.650. The van der Waals surface area contributed by atoms with Gasteiger partial charge in [0.05, 0.1) is 0 Å². The number of fused-ring (bicyclic) bond motifs is 9. The molecule has 0 saturated carbocycles. The van der Waals surface area contributed by atoms with Crippen molar-refractivity contribution in [3.05, 3.63) is 176 Å². The first-order chi connectivity index (χ1) is 26.2. The molecule has 246 valence electrons. The Morgan fingerprint density at radius 3 is 1.72 bits per heavy atom. The molecule has 4 heteroatoms. The summed E-state index contributed by atoms with van der Waals surface area (Å²) >= 11 is 1.79. The molecule has 0 amide bonds. The summed E-state index contributed by atoms with van der Waals surface area (Å²) < 4.78 is 2.43. The fourth-order valence-electron chi connectivity index (χ4n) is 7.90. The predicted molar refractivity (Wildman–Crippen MR) is 224 cm³/mol. The average Bonchev–Trinajstić information content (AvgIpc) is 3.62. The van der Waals surface area contributed by atoms with Crippen molar-refractivity contribution in [3.63, 3.8) is 0 Å². The van der Waals surface area contributed by atoms with Crippen molar-refractivity contribution in [3.8, 4) is 45.3 Å². The SMILES string of the molecule is c1ccc2cc(-c3ccc(-c4nc(-c5cccc6c5ccc5c7ccccc7ccc65)nc(-c5cccc6c5sc5ccccc56)n4)cc3)ccc2c1. The maximum Gasteiger partial charge on any atom is 0.165 e. The van der Waals surface area contributed by atoms with Crippen LogP contribution in [-0.2, 0) is 0 Å². The van der Waals surface area contributed by atoms with Crippen molar-refractivity contribution in [1.82, 2.24) is 15.0 Å². The number of benzene rings is 9. The highest BCUT2D eigenvalue weighted by Gasteiger charge is 2.18. The van der Waals surface area contributed by atoms with Gasteiger partial charge in [0, 0.05) is 36.9 Å². The summed E-state index contributed by atoms with van der Waals surface area (Å²) in [4.78, 5) is 15.7. The van der Waals surface area contributed by atoms with Crippen LogP contribution < -0.4 is 0 Å². The lowest BCUT2D eigenvalue weighted by molar-refractivity contribution is 1.08. The highest BCUT2D eigenvalue weighted by molar-refractivity contribution is 7.26. The molecule has 0 aliphatic rings. The fraction of sp³-hybridized carbons (Fsp3) is 0. The van der Waals surface area contributed by atoms with Crippen molar-refractivity contribution in [2.45, 2.75) is 0 Å². The lowest BCUT2D eigenvalue weighted by Crippen LogP contribution is -2.00. The Balaban J connectivity index is 1.11. The lowest BCUT2D eigenvalue weighted by atomic mass is 9.95. The number of aromatic nitrogens is 3. The van der Waals surface area contributed by atoms with Crippen molar-refractivity contribution in [1.29, 1.82) is 0 Å². The molecule has 11 rings (SSSR count). The van der Waals surface area contributed by atoms with E-state index in [0.29, 0.717) is 17.5 Å². The molecule has 2 heterocycles. The molecule has 2 aromatic heterocycles. The highest BCUT2D eigenvalue weighted by Crippen LogP contribution is 2.41. The van der Waals surface area contributed by atoms with E-state index >= 15 is 0 Å². The topological polar surface area (TPSA) is 38.7 Å². The number of nitrogens with zero attached hydrogens (tertiary/aromatic N) is 3. The molecule has 53 heavy (non-hydrogen) atoms. The van der Waals surface area contributed by atoms with Gasteiger partial charge in [0.2, 0.25) is 0 Å². The van der Waals surface area contributed by atoms with E-state index in [0.717, 1.165) is 27.6 Å². The van der Waals surface area contributed by atoms with Gasteiger partial charge in [-0.2, -0.15) is 0 Å². The van der Waals surface area contributed by atoms with E-state index < -0.39 is 0 Å². The maximum absolute atomic E-state index is 5.28. The monoisotopic (exact) mass is 691 g/mol. The summed E-state index contributed by atoms with van der Waals surface area (Å²) in [5.74, 6) is 1.98. The van der Waals surface area contributed by atoms with Gasteiger partial charge >= 0.3 is 0 Å². The summed E-state index contributed by atoms with van der Waals surface area (Å²) in [6, 6.07) is 62.8. The Labute approximate surface area is 309 Å². The van der Waals surface area contributed by atoms with Crippen LogP contribution in [0.2, 0.25) is 0 Å². The lowest BCUT2D eigenvalue weighted by Gasteiger charge is -2.13. The smallest absolute Gasteiger partial charge is 0.165 e. The third-order valence-corrected chi connectivity index (χ3v) is 11.8. The Morgan fingerprint density at radius 1 is 0.302 bits per heavy atom. The first-order valence-corrected chi connectivity index (χ1v) is 18.7. The summed E-state index contributed by atoms with van der Waals surface area (Å²) in [7, 11) is 0. The zero-order valence-corrected chi connectivity index (χ0v) is 29.3. The van der Waals surface area contributed by atoms with Gasteiger partial charge in [-0.05, 0) is 72.4 Å². The Morgan fingerprint density at radius 2 is 0.849 bits per heavy atom. The largest absolute Gasteiger partial charge is 0.208 e. The van der Waals surface area contributed by atoms with E-state index in [1.165, 1.54) is 63.4 Å². The Hall–Kier alpha value is -6.75. The van der Waals surface area contributed by atoms with Crippen LogP contribution in [0.5, 0.6) is 0 Å². The van der Waals surface area contributed by atoms with Gasteiger partial charge < -0.3 is 0 Å². The van der Waals surface area contributed by atoms with Crippen LogP contribution in [-0.4, -0.2) is 15.0 Å². The summed E-state index contributed by atoms with van der Waals surface area (Å²) in [6.07, 6.45) is 0. The molecule has 0 radical (unpaired) electrons. The van der Waals surface area contributed by atoms with Gasteiger partial charge in [-0.1, -0.05) is 158 Å².